The Bertz CT molecular complexity index is 759. The maximum absolute atomic E-state index is 14.3. The lowest BCUT2D eigenvalue weighted by molar-refractivity contribution is 0.116. The van der Waals surface area contributed by atoms with Crippen molar-refractivity contribution in [2.45, 2.75) is 38.8 Å². The number of fused-ring (bicyclic) bond motifs is 1. The number of rotatable bonds is 2. The van der Waals surface area contributed by atoms with E-state index in [1.807, 2.05) is 24.5 Å². The highest BCUT2D eigenvalue weighted by atomic mass is 79.9. The minimum atomic E-state index is -0.364. The fourth-order valence-corrected chi connectivity index (χ4v) is 3.71. The maximum Gasteiger partial charge on any atom is 0.410 e. The summed E-state index contributed by atoms with van der Waals surface area (Å²) in [6, 6.07) is 3.20. The van der Waals surface area contributed by atoms with Crippen LogP contribution < -0.4 is 0 Å². The van der Waals surface area contributed by atoms with Crippen molar-refractivity contribution in [3.63, 3.8) is 0 Å². The number of carbonyl (C=O) groups is 1. The van der Waals surface area contributed by atoms with Gasteiger partial charge in [0.2, 0.25) is 0 Å². The number of hydrogen-bond acceptors (Lipinski definition) is 3. The molecule has 1 amide bonds. The van der Waals surface area contributed by atoms with Crippen LogP contribution in [0.25, 0.3) is 11.0 Å². The predicted octanol–water partition coefficient (Wildman–Crippen LogP) is 4.42. The number of imidazole rings is 1. The Morgan fingerprint density at radius 2 is 2.22 bits per heavy atom. The molecule has 3 rings (SSSR count). The summed E-state index contributed by atoms with van der Waals surface area (Å²) in [7, 11) is 1.37. The van der Waals surface area contributed by atoms with Crippen LogP contribution in [0.1, 0.15) is 44.6 Å². The van der Waals surface area contributed by atoms with Gasteiger partial charge in [0.15, 0.2) is 5.82 Å². The summed E-state index contributed by atoms with van der Waals surface area (Å²) in [6.07, 6.45) is 1.32. The van der Waals surface area contributed by atoms with Crippen molar-refractivity contribution in [1.29, 1.82) is 0 Å². The smallest absolute Gasteiger partial charge is 0.410 e. The van der Waals surface area contributed by atoms with E-state index in [1.165, 1.54) is 13.2 Å². The van der Waals surface area contributed by atoms with Crippen molar-refractivity contribution in [2.75, 3.05) is 13.7 Å². The molecule has 1 aromatic carbocycles. The Hall–Kier alpha value is -1.63. The molecule has 1 saturated heterocycles. The van der Waals surface area contributed by atoms with E-state index < -0.39 is 0 Å². The summed E-state index contributed by atoms with van der Waals surface area (Å²) in [6.45, 7) is 4.69. The molecule has 1 atom stereocenters. The molecule has 0 saturated carbocycles. The van der Waals surface area contributed by atoms with Crippen molar-refractivity contribution in [1.82, 2.24) is 14.5 Å². The van der Waals surface area contributed by atoms with Crippen molar-refractivity contribution < 1.29 is 13.9 Å². The lowest BCUT2D eigenvalue weighted by Crippen LogP contribution is -2.32. The van der Waals surface area contributed by atoms with Crippen molar-refractivity contribution in [3.8, 4) is 0 Å². The first-order chi connectivity index (χ1) is 10.9. The van der Waals surface area contributed by atoms with Gasteiger partial charge >= 0.3 is 6.09 Å². The van der Waals surface area contributed by atoms with Gasteiger partial charge in [-0.15, -0.1) is 0 Å². The average molecular weight is 384 g/mol. The fourth-order valence-electron chi connectivity index (χ4n) is 3.29. The van der Waals surface area contributed by atoms with Crippen molar-refractivity contribution in [2.24, 2.45) is 0 Å². The van der Waals surface area contributed by atoms with Crippen LogP contribution in [-0.2, 0) is 4.74 Å². The molecule has 2 heterocycles. The van der Waals surface area contributed by atoms with E-state index in [2.05, 4.69) is 20.9 Å². The van der Waals surface area contributed by atoms with Crippen LogP contribution in [0, 0.1) is 5.82 Å². The number of hydrogen-bond donors (Lipinski definition) is 0. The summed E-state index contributed by atoms with van der Waals surface area (Å²) < 4.78 is 21.9. The number of nitrogens with zero attached hydrogens (tertiary/aromatic N) is 3. The van der Waals surface area contributed by atoms with Crippen LogP contribution in [0.5, 0.6) is 0 Å². The van der Waals surface area contributed by atoms with Crippen LogP contribution >= 0.6 is 15.9 Å². The zero-order valence-corrected chi connectivity index (χ0v) is 14.9. The molecule has 124 valence electrons. The molecule has 1 aliphatic rings. The number of halogens is 2. The lowest BCUT2D eigenvalue weighted by Gasteiger charge is -2.25. The number of benzene rings is 1. The zero-order valence-electron chi connectivity index (χ0n) is 13.3. The van der Waals surface area contributed by atoms with Gasteiger partial charge in [0.05, 0.1) is 18.7 Å². The molecule has 0 aliphatic carbocycles. The molecule has 5 nitrogen and oxygen atoms in total. The zero-order chi connectivity index (χ0) is 16.7. The standard InChI is InChI=1S/C16H19BrFN3O2/c1-9(2)21-13-8-10(17)7-11(18)14(13)19-15(21)12-5-4-6-20(12)16(22)23-3/h7-9,12H,4-6H2,1-3H3/t12-/m1/s1. The van der Waals surface area contributed by atoms with E-state index in [1.54, 1.807) is 4.90 Å². The highest BCUT2D eigenvalue weighted by Gasteiger charge is 2.35. The van der Waals surface area contributed by atoms with Gasteiger partial charge < -0.3 is 9.30 Å². The van der Waals surface area contributed by atoms with E-state index in [-0.39, 0.29) is 24.0 Å². The van der Waals surface area contributed by atoms with Gasteiger partial charge in [-0.2, -0.15) is 0 Å². The Morgan fingerprint density at radius 1 is 1.48 bits per heavy atom. The van der Waals surface area contributed by atoms with E-state index in [9.17, 15) is 9.18 Å². The monoisotopic (exact) mass is 383 g/mol. The fraction of sp³-hybridized carbons (Fsp3) is 0.500. The molecule has 2 aromatic rings. The molecular formula is C16H19BrFN3O2. The van der Waals surface area contributed by atoms with Crippen LogP contribution in [0.3, 0.4) is 0 Å². The molecule has 0 N–H and O–H groups in total. The van der Waals surface area contributed by atoms with Crippen LogP contribution in [0.15, 0.2) is 16.6 Å². The third-order valence-corrected chi connectivity index (χ3v) is 4.67. The number of amides is 1. The van der Waals surface area contributed by atoms with Crippen LogP contribution in [0.2, 0.25) is 0 Å². The first-order valence-corrected chi connectivity index (χ1v) is 8.44. The minimum Gasteiger partial charge on any atom is -0.453 e. The van der Waals surface area contributed by atoms with Gasteiger partial charge in [0, 0.05) is 17.1 Å². The van der Waals surface area contributed by atoms with Gasteiger partial charge in [-0.1, -0.05) is 15.9 Å². The molecule has 0 bridgehead atoms. The molecule has 23 heavy (non-hydrogen) atoms. The average Bonchev–Trinajstić information content (AvgIpc) is 3.09. The summed E-state index contributed by atoms with van der Waals surface area (Å²) in [5.74, 6) is 0.354. The molecule has 1 aromatic heterocycles. The maximum atomic E-state index is 14.3. The minimum absolute atomic E-state index is 0.101. The third kappa shape index (κ3) is 2.71. The number of carbonyl (C=O) groups excluding carboxylic acids is 1. The quantitative estimate of drug-likeness (QED) is 0.770. The second-order valence-electron chi connectivity index (χ2n) is 6.01. The first-order valence-electron chi connectivity index (χ1n) is 7.65. The molecule has 0 unspecified atom stereocenters. The van der Waals surface area contributed by atoms with Gasteiger partial charge in [0.25, 0.3) is 0 Å². The normalized spacial score (nSPS) is 18.2. The number of aromatic nitrogens is 2. The molecule has 0 spiro atoms. The van der Waals surface area contributed by atoms with E-state index in [0.717, 1.165) is 24.2 Å². The molecule has 0 radical (unpaired) electrons. The van der Waals surface area contributed by atoms with Crippen molar-refractivity contribution in [3.05, 3.63) is 28.2 Å². The number of methoxy groups -OCH3 is 1. The Labute approximate surface area is 142 Å². The Balaban J connectivity index is 2.19. The summed E-state index contributed by atoms with van der Waals surface area (Å²) in [5, 5.41) is 0. The third-order valence-electron chi connectivity index (χ3n) is 4.22. The summed E-state index contributed by atoms with van der Waals surface area (Å²) in [4.78, 5) is 18.2. The summed E-state index contributed by atoms with van der Waals surface area (Å²) >= 11 is 3.34. The van der Waals surface area contributed by atoms with Gasteiger partial charge in [-0.05, 0) is 38.8 Å². The molecule has 1 aliphatic heterocycles. The topological polar surface area (TPSA) is 47.4 Å². The van der Waals surface area contributed by atoms with Crippen molar-refractivity contribution >= 4 is 33.1 Å². The number of ether oxygens (including phenoxy) is 1. The van der Waals surface area contributed by atoms with Crippen LogP contribution in [-0.4, -0.2) is 34.2 Å². The van der Waals surface area contributed by atoms with E-state index in [0.29, 0.717) is 16.5 Å². The van der Waals surface area contributed by atoms with Gasteiger partial charge in [-0.25, -0.2) is 14.2 Å². The Kier molecular flexibility index (Phi) is 4.31. The highest BCUT2D eigenvalue weighted by molar-refractivity contribution is 9.10. The predicted molar refractivity (Wildman–Crippen MR) is 88.9 cm³/mol. The largest absolute Gasteiger partial charge is 0.453 e. The number of likely N-dealkylation sites (tertiary alicyclic amines) is 1. The van der Waals surface area contributed by atoms with E-state index >= 15 is 0 Å². The SMILES string of the molecule is COC(=O)N1CCC[C@@H]1c1nc2c(F)cc(Br)cc2n1C(C)C. The molecule has 1 fully saturated rings. The molecular weight excluding hydrogens is 365 g/mol. The lowest BCUT2D eigenvalue weighted by atomic mass is 10.2. The van der Waals surface area contributed by atoms with Gasteiger partial charge in [-0.3, -0.25) is 4.90 Å². The summed E-state index contributed by atoms with van der Waals surface area (Å²) in [5.41, 5.74) is 1.08. The van der Waals surface area contributed by atoms with E-state index in [4.69, 9.17) is 4.74 Å². The Morgan fingerprint density at radius 3 is 2.87 bits per heavy atom. The first kappa shape index (κ1) is 16.2. The second-order valence-corrected chi connectivity index (χ2v) is 6.93. The second kappa shape index (κ2) is 6.11. The highest BCUT2D eigenvalue weighted by Crippen LogP contribution is 2.36. The van der Waals surface area contributed by atoms with Crippen LogP contribution in [0.4, 0.5) is 9.18 Å². The van der Waals surface area contributed by atoms with Gasteiger partial charge in [0.1, 0.15) is 11.3 Å². The molecule has 7 heteroatoms.